The zero-order valence-electron chi connectivity index (χ0n) is 14.5. The van der Waals surface area contributed by atoms with E-state index in [9.17, 15) is 19.3 Å². The number of rotatable bonds is 5. The maximum Gasteiger partial charge on any atom is 0.269 e. The number of carbonyl (C=O) groups excluding carboxylic acids is 1. The van der Waals surface area contributed by atoms with E-state index in [1.54, 1.807) is 13.0 Å². The summed E-state index contributed by atoms with van der Waals surface area (Å²) in [5, 5.41) is 17.7. The number of methoxy groups -OCH3 is 1. The van der Waals surface area contributed by atoms with Crippen LogP contribution in [0.5, 0.6) is 5.75 Å². The van der Waals surface area contributed by atoms with Gasteiger partial charge in [-0.25, -0.2) is 9.07 Å². The molecule has 8 nitrogen and oxygen atoms in total. The molecule has 0 unspecified atom stereocenters. The molecule has 1 aromatic heterocycles. The first-order chi connectivity index (χ1) is 12.9. The van der Waals surface area contributed by atoms with Crippen molar-refractivity contribution in [2.45, 2.75) is 6.92 Å². The van der Waals surface area contributed by atoms with Crippen molar-refractivity contribution >= 4 is 17.4 Å². The SMILES string of the molecule is COc1ccc(F)cc1C(=O)Nc1cc(C)nn1-c1ccc([N+](=O)[O-])cc1. The van der Waals surface area contributed by atoms with Crippen LogP contribution in [-0.4, -0.2) is 27.7 Å². The minimum Gasteiger partial charge on any atom is -0.496 e. The van der Waals surface area contributed by atoms with E-state index in [0.717, 1.165) is 6.07 Å². The second kappa shape index (κ2) is 7.24. The number of nitrogens with one attached hydrogen (secondary N) is 1. The van der Waals surface area contributed by atoms with Gasteiger partial charge in [0.2, 0.25) is 0 Å². The molecule has 0 aliphatic rings. The fraction of sp³-hybridized carbons (Fsp3) is 0.111. The van der Waals surface area contributed by atoms with Crippen LogP contribution in [0.3, 0.4) is 0 Å². The van der Waals surface area contributed by atoms with E-state index in [4.69, 9.17) is 4.74 Å². The lowest BCUT2D eigenvalue weighted by molar-refractivity contribution is -0.384. The summed E-state index contributed by atoms with van der Waals surface area (Å²) in [6, 6.07) is 11.0. The molecule has 0 fully saturated rings. The third-order valence-electron chi connectivity index (χ3n) is 3.78. The van der Waals surface area contributed by atoms with Crippen molar-refractivity contribution in [3.8, 4) is 11.4 Å². The maximum absolute atomic E-state index is 13.5. The molecule has 0 aliphatic heterocycles. The van der Waals surface area contributed by atoms with E-state index in [1.807, 2.05) is 0 Å². The summed E-state index contributed by atoms with van der Waals surface area (Å²) in [6.45, 7) is 1.74. The van der Waals surface area contributed by atoms with Crippen molar-refractivity contribution in [2.75, 3.05) is 12.4 Å². The van der Waals surface area contributed by atoms with Crippen LogP contribution in [0, 0.1) is 22.9 Å². The number of ether oxygens (including phenoxy) is 1. The average molecular weight is 370 g/mol. The Kier molecular flexibility index (Phi) is 4.84. The summed E-state index contributed by atoms with van der Waals surface area (Å²) in [4.78, 5) is 22.9. The van der Waals surface area contributed by atoms with Gasteiger partial charge in [0.05, 0.1) is 29.0 Å². The summed E-state index contributed by atoms with van der Waals surface area (Å²) in [6.07, 6.45) is 0. The molecule has 2 aromatic carbocycles. The molecule has 0 atom stereocenters. The van der Waals surface area contributed by atoms with Crippen LogP contribution in [0.2, 0.25) is 0 Å². The Bertz CT molecular complexity index is 1010. The Morgan fingerprint density at radius 3 is 2.56 bits per heavy atom. The number of carbonyl (C=O) groups is 1. The molecule has 0 bridgehead atoms. The zero-order valence-corrected chi connectivity index (χ0v) is 14.5. The summed E-state index contributed by atoms with van der Waals surface area (Å²) in [5.41, 5.74) is 1.12. The lowest BCUT2D eigenvalue weighted by Crippen LogP contribution is -2.16. The van der Waals surface area contributed by atoms with Gasteiger partial charge in [0.15, 0.2) is 0 Å². The Hall–Kier alpha value is -3.75. The van der Waals surface area contributed by atoms with E-state index in [0.29, 0.717) is 17.2 Å². The quantitative estimate of drug-likeness (QED) is 0.547. The number of benzene rings is 2. The number of anilines is 1. The maximum atomic E-state index is 13.5. The number of nitro benzene ring substituents is 1. The predicted molar refractivity (Wildman–Crippen MR) is 95.9 cm³/mol. The molecule has 1 amide bonds. The number of aryl methyl sites for hydroxylation is 1. The third kappa shape index (κ3) is 3.76. The normalized spacial score (nSPS) is 10.5. The number of hydrogen-bond donors (Lipinski definition) is 1. The molecule has 27 heavy (non-hydrogen) atoms. The van der Waals surface area contributed by atoms with Crippen molar-refractivity contribution in [3.05, 3.63) is 75.7 Å². The van der Waals surface area contributed by atoms with E-state index < -0.39 is 16.6 Å². The molecule has 0 radical (unpaired) electrons. The van der Waals surface area contributed by atoms with Crippen molar-refractivity contribution < 1.29 is 18.8 Å². The smallest absolute Gasteiger partial charge is 0.269 e. The number of halogens is 1. The van der Waals surface area contributed by atoms with Crippen LogP contribution in [0.15, 0.2) is 48.5 Å². The van der Waals surface area contributed by atoms with Crippen molar-refractivity contribution in [1.82, 2.24) is 9.78 Å². The molecular weight excluding hydrogens is 355 g/mol. The van der Waals surface area contributed by atoms with Crippen LogP contribution in [0.25, 0.3) is 5.69 Å². The van der Waals surface area contributed by atoms with Crippen molar-refractivity contribution in [2.24, 2.45) is 0 Å². The fourth-order valence-corrected chi connectivity index (χ4v) is 2.54. The highest BCUT2D eigenvalue weighted by molar-refractivity contribution is 6.06. The number of nitrogens with zero attached hydrogens (tertiary/aromatic N) is 3. The molecule has 0 spiro atoms. The standard InChI is InChI=1S/C18H15FN4O4/c1-11-9-17(20-18(24)15-10-12(19)3-8-16(15)27-2)22(21-11)13-4-6-14(7-5-13)23(25)26/h3-10H,1-2H3,(H,20,24). The van der Waals surface area contributed by atoms with E-state index in [2.05, 4.69) is 10.4 Å². The molecule has 9 heteroatoms. The van der Waals surface area contributed by atoms with E-state index in [1.165, 1.54) is 48.2 Å². The summed E-state index contributed by atoms with van der Waals surface area (Å²) in [7, 11) is 1.38. The molecule has 0 aliphatic carbocycles. The number of amides is 1. The van der Waals surface area contributed by atoms with E-state index >= 15 is 0 Å². The van der Waals surface area contributed by atoms with Gasteiger partial charge in [-0.15, -0.1) is 0 Å². The van der Waals surface area contributed by atoms with E-state index in [-0.39, 0.29) is 17.0 Å². The first-order valence-corrected chi connectivity index (χ1v) is 7.85. The molecule has 1 N–H and O–H groups in total. The van der Waals surface area contributed by atoms with Gasteiger partial charge in [0.1, 0.15) is 17.4 Å². The second-order valence-corrected chi connectivity index (χ2v) is 5.65. The second-order valence-electron chi connectivity index (χ2n) is 5.65. The zero-order chi connectivity index (χ0) is 19.6. The molecule has 138 valence electrons. The Morgan fingerprint density at radius 2 is 1.93 bits per heavy atom. The number of non-ortho nitro benzene ring substituents is 1. The van der Waals surface area contributed by atoms with Crippen LogP contribution in [0.4, 0.5) is 15.9 Å². The summed E-state index contributed by atoms with van der Waals surface area (Å²) < 4.78 is 20.1. The van der Waals surface area contributed by atoms with Crippen molar-refractivity contribution in [1.29, 1.82) is 0 Å². The lowest BCUT2D eigenvalue weighted by Gasteiger charge is -2.11. The van der Waals surface area contributed by atoms with Gasteiger partial charge in [0, 0.05) is 18.2 Å². The predicted octanol–water partition coefficient (Wildman–Crippen LogP) is 3.49. The van der Waals surface area contributed by atoms with Gasteiger partial charge in [-0.05, 0) is 37.3 Å². The number of nitro groups is 1. The summed E-state index contributed by atoms with van der Waals surface area (Å²) in [5.74, 6) is -0.583. The molecule has 0 saturated carbocycles. The summed E-state index contributed by atoms with van der Waals surface area (Å²) >= 11 is 0. The molecule has 0 saturated heterocycles. The highest BCUT2D eigenvalue weighted by atomic mass is 19.1. The highest BCUT2D eigenvalue weighted by Crippen LogP contribution is 2.23. The first-order valence-electron chi connectivity index (χ1n) is 7.85. The van der Waals surface area contributed by atoms with Crippen LogP contribution >= 0.6 is 0 Å². The largest absolute Gasteiger partial charge is 0.496 e. The van der Waals surface area contributed by atoms with Crippen LogP contribution < -0.4 is 10.1 Å². The van der Waals surface area contributed by atoms with Gasteiger partial charge in [0.25, 0.3) is 11.6 Å². The molecule has 3 rings (SSSR count). The molecule has 1 heterocycles. The molecule has 3 aromatic rings. The fourth-order valence-electron chi connectivity index (χ4n) is 2.54. The van der Waals surface area contributed by atoms with Crippen molar-refractivity contribution in [3.63, 3.8) is 0 Å². The average Bonchev–Trinajstić information content (AvgIpc) is 3.01. The van der Waals surface area contributed by atoms with Gasteiger partial charge in [-0.3, -0.25) is 14.9 Å². The third-order valence-corrected chi connectivity index (χ3v) is 3.78. The van der Waals surface area contributed by atoms with Crippen LogP contribution in [0.1, 0.15) is 16.1 Å². The monoisotopic (exact) mass is 370 g/mol. The lowest BCUT2D eigenvalue weighted by atomic mass is 10.2. The Balaban J connectivity index is 1.94. The number of aromatic nitrogens is 2. The van der Waals surface area contributed by atoms with Gasteiger partial charge in [-0.2, -0.15) is 5.10 Å². The molecular formula is C18H15FN4O4. The minimum atomic E-state index is -0.575. The highest BCUT2D eigenvalue weighted by Gasteiger charge is 2.17. The topological polar surface area (TPSA) is 99.3 Å². The Labute approximate surface area is 153 Å². The minimum absolute atomic E-state index is 0.0339. The first kappa shape index (κ1) is 18.1. The van der Waals surface area contributed by atoms with Gasteiger partial charge >= 0.3 is 0 Å². The van der Waals surface area contributed by atoms with Crippen LogP contribution in [-0.2, 0) is 0 Å². The van der Waals surface area contributed by atoms with Gasteiger partial charge < -0.3 is 10.1 Å². The Morgan fingerprint density at radius 1 is 1.22 bits per heavy atom. The van der Waals surface area contributed by atoms with Gasteiger partial charge in [-0.1, -0.05) is 0 Å². The number of hydrogen-bond acceptors (Lipinski definition) is 5.